The Morgan fingerprint density at radius 1 is 1.50 bits per heavy atom. The number of aromatic nitrogens is 2. The fourth-order valence-corrected chi connectivity index (χ4v) is 1.52. The van der Waals surface area contributed by atoms with Crippen LogP contribution in [-0.4, -0.2) is 17.0 Å². The lowest BCUT2D eigenvalue weighted by Crippen LogP contribution is -2.22. The predicted octanol–water partition coefficient (Wildman–Crippen LogP) is 2.93. The van der Waals surface area contributed by atoms with Crippen LogP contribution in [0.3, 0.4) is 0 Å². The summed E-state index contributed by atoms with van der Waals surface area (Å²) >= 11 is 0. The zero-order valence-corrected chi connectivity index (χ0v) is 10.4. The molecule has 1 aromatic rings. The normalized spacial score (nSPS) is 14.8. The van der Waals surface area contributed by atoms with Gasteiger partial charge in [0.15, 0.2) is 0 Å². The summed E-state index contributed by atoms with van der Waals surface area (Å²) in [6.45, 7) is 10.1. The Kier molecular flexibility index (Phi) is 3.82. The molecule has 0 fully saturated rings. The molecule has 1 atom stereocenters. The summed E-state index contributed by atoms with van der Waals surface area (Å²) in [5, 5.41) is 2.99. The summed E-state index contributed by atoms with van der Waals surface area (Å²) in [4.78, 5) is 8.70. The van der Waals surface area contributed by atoms with Gasteiger partial charge in [-0.3, -0.25) is 4.98 Å². The van der Waals surface area contributed by atoms with E-state index in [4.69, 9.17) is 0 Å². The molecule has 1 aromatic heterocycles. The average Bonchev–Trinajstić information content (AvgIpc) is 2.29. The Bertz CT molecular complexity index is 409. The summed E-state index contributed by atoms with van der Waals surface area (Å²) in [5.41, 5.74) is 1.70. The quantitative estimate of drug-likeness (QED) is 0.788. The molecule has 3 heteroatoms. The van der Waals surface area contributed by atoms with Crippen molar-refractivity contribution >= 4 is 5.82 Å². The molecule has 0 saturated carbocycles. The van der Waals surface area contributed by atoms with Gasteiger partial charge >= 0.3 is 0 Å². The van der Waals surface area contributed by atoms with Crippen molar-refractivity contribution in [1.82, 2.24) is 9.97 Å². The maximum Gasteiger partial charge on any atom is 0.144 e. The topological polar surface area (TPSA) is 37.8 Å². The number of hydrogen-bond acceptors (Lipinski definition) is 3. The Labute approximate surface area is 97.3 Å². The molecule has 1 rings (SSSR count). The fourth-order valence-electron chi connectivity index (χ4n) is 1.52. The first-order valence-electron chi connectivity index (χ1n) is 5.34. The van der Waals surface area contributed by atoms with Crippen LogP contribution in [-0.2, 0) is 5.41 Å². The molecule has 0 amide bonds. The van der Waals surface area contributed by atoms with Gasteiger partial charge in [0.2, 0.25) is 0 Å². The summed E-state index contributed by atoms with van der Waals surface area (Å²) in [6, 6.07) is 0. The second-order valence-corrected chi connectivity index (χ2v) is 4.02. The van der Waals surface area contributed by atoms with Crippen molar-refractivity contribution in [2.45, 2.75) is 26.2 Å². The van der Waals surface area contributed by atoms with Crippen LogP contribution in [0.1, 0.15) is 26.5 Å². The zero-order valence-electron chi connectivity index (χ0n) is 10.4. The Hall–Kier alpha value is -1.64. The summed E-state index contributed by atoms with van der Waals surface area (Å²) < 4.78 is 0. The number of anilines is 1. The van der Waals surface area contributed by atoms with Crippen molar-refractivity contribution < 1.29 is 0 Å². The van der Waals surface area contributed by atoms with Gasteiger partial charge in [-0.15, -0.1) is 0 Å². The Morgan fingerprint density at radius 2 is 2.19 bits per heavy atom. The fraction of sp³-hybridized carbons (Fsp3) is 0.385. The van der Waals surface area contributed by atoms with Crippen LogP contribution in [0.5, 0.6) is 0 Å². The lowest BCUT2D eigenvalue weighted by Gasteiger charge is -2.26. The highest BCUT2D eigenvalue weighted by molar-refractivity contribution is 5.39. The monoisotopic (exact) mass is 217 g/mol. The Morgan fingerprint density at radius 3 is 2.69 bits per heavy atom. The van der Waals surface area contributed by atoms with Gasteiger partial charge in [0.1, 0.15) is 5.82 Å². The third kappa shape index (κ3) is 2.30. The molecule has 0 aliphatic carbocycles. The second-order valence-electron chi connectivity index (χ2n) is 4.02. The van der Waals surface area contributed by atoms with Crippen LogP contribution in [0, 0.1) is 0 Å². The zero-order chi connectivity index (χ0) is 12.2. The molecule has 1 unspecified atom stereocenters. The standard InChI is InChI=1S/C13H19N3/c1-6-7-13(4,10(2)3)11-8-15-9-12(14-5)16-11/h6-9H,2H2,1,3-5H3,(H,14,16)/b7-6+. The molecule has 0 bridgehead atoms. The maximum absolute atomic E-state index is 4.52. The van der Waals surface area contributed by atoms with E-state index in [-0.39, 0.29) is 5.41 Å². The third-order valence-corrected chi connectivity index (χ3v) is 2.81. The smallest absolute Gasteiger partial charge is 0.144 e. The predicted molar refractivity (Wildman–Crippen MR) is 68.6 cm³/mol. The first-order valence-corrected chi connectivity index (χ1v) is 5.34. The first kappa shape index (κ1) is 12.4. The number of allylic oxidation sites excluding steroid dienone is 3. The minimum Gasteiger partial charge on any atom is -0.372 e. The van der Waals surface area contributed by atoms with E-state index >= 15 is 0 Å². The van der Waals surface area contributed by atoms with Crippen molar-refractivity contribution in [2.24, 2.45) is 0 Å². The molecule has 86 valence electrons. The van der Waals surface area contributed by atoms with Crippen molar-refractivity contribution in [2.75, 3.05) is 12.4 Å². The van der Waals surface area contributed by atoms with Gasteiger partial charge in [-0.1, -0.05) is 24.3 Å². The van der Waals surface area contributed by atoms with E-state index in [9.17, 15) is 0 Å². The van der Waals surface area contributed by atoms with Crippen molar-refractivity contribution in [3.63, 3.8) is 0 Å². The highest BCUT2D eigenvalue weighted by Gasteiger charge is 2.26. The van der Waals surface area contributed by atoms with E-state index in [1.807, 2.05) is 27.0 Å². The number of rotatable bonds is 4. The van der Waals surface area contributed by atoms with E-state index < -0.39 is 0 Å². The largest absolute Gasteiger partial charge is 0.372 e. The van der Waals surface area contributed by atoms with Gasteiger partial charge in [0, 0.05) is 18.7 Å². The van der Waals surface area contributed by atoms with Crippen molar-refractivity contribution in [3.05, 3.63) is 42.4 Å². The molecule has 0 radical (unpaired) electrons. The molecule has 1 N–H and O–H groups in total. The van der Waals surface area contributed by atoms with E-state index in [0.717, 1.165) is 17.1 Å². The third-order valence-electron chi connectivity index (χ3n) is 2.81. The van der Waals surface area contributed by atoms with Crippen LogP contribution in [0.25, 0.3) is 0 Å². The van der Waals surface area contributed by atoms with E-state index in [1.165, 1.54) is 0 Å². The number of nitrogens with one attached hydrogen (secondary N) is 1. The minimum atomic E-state index is -0.255. The van der Waals surface area contributed by atoms with Gasteiger partial charge in [0.05, 0.1) is 11.9 Å². The maximum atomic E-state index is 4.52. The SMILES string of the molecule is C=C(C)C(C)(/C=C/C)c1cncc(NC)n1. The molecule has 0 spiro atoms. The van der Waals surface area contributed by atoms with Gasteiger partial charge in [-0.2, -0.15) is 0 Å². The summed E-state index contributed by atoms with van der Waals surface area (Å²) in [6.07, 6.45) is 7.61. The van der Waals surface area contributed by atoms with E-state index in [0.29, 0.717) is 0 Å². The molecule has 0 aliphatic heterocycles. The van der Waals surface area contributed by atoms with Crippen LogP contribution in [0.4, 0.5) is 5.82 Å². The molecular formula is C13H19N3. The molecular weight excluding hydrogens is 198 g/mol. The highest BCUT2D eigenvalue weighted by Crippen LogP contribution is 2.31. The van der Waals surface area contributed by atoms with Crippen LogP contribution >= 0.6 is 0 Å². The summed E-state index contributed by atoms with van der Waals surface area (Å²) in [5.74, 6) is 0.773. The van der Waals surface area contributed by atoms with Gasteiger partial charge in [0.25, 0.3) is 0 Å². The number of hydrogen-bond donors (Lipinski definition) is 1. The molecule has 0 aliphatic rings. The molecule has 16 heavy (non-hydrogen) atoms. The van der Waals surface area contributed by atoms with Crippen molar-refractivity contribution in [1.29, 1.82) is 0 Å². The van der Waals surface area contributed by atoms with Gasteiger partial charge in [-0.25, -0.2) is 4.98 Å². The van der Waals surface area contributed by atoms with Crippen LogP contribution in [0.2, 0.25) is 0 Å². The molecule has 1 heterocycles. The van der Waals surface area contributed by atoms with Crippen molar-refractivity contribution in [3.8, 4) is 0 Å². The lowest BCUT2D eigenvalue weighted by molar-refractivity contribution is 0.673. The summed E-state index contributed by atoms with van der Waals surface area (Å²) in [7, 11) is 1.83. The first-order chi connectivity index (χ1) is 7.54. The van der Waals surface area contributed by atoms with Gasteiger partial charge in [-0.05, 0) is 20.8 Å². The lowest BCUT2D eigenvalue weighted by atomic mass is 9.80. The Balaban J connectivity index is 3.26. The van der Waals surface area contributed by atoms with E-state index in [2.05, 4.69) is 34.9 Å². The average molecular weight is 217 g/mol. The minimum absolute atomic E-state index is 0.255. The molecule has 3 nitrogen and oxygen atoms in total. The van der Waals surface area contributed by atoms with E-state index in [1.54, 1.807) is 12.4 Å². The molecule has 0 aromatic carbocycles. The van der Waals surface area contributed by atoms with Gasteiger partial charge < -0.3 is 5.32 Å². The highest BCUT2D eigenvalue weighted by atomic mass is 15.0. The number of nitrogens with zero attached hydrogens (tertiary/aromatic N) is 2. The second kappa shape index (κ2) is 4.92. The molecule has 0 saturated heterocycles. The van der Waals surface area contributed by atoms with Crippen LogP contribution in [0.15, 0.2) is 36.7 Å². The van der Waals surface area contributed by atoms with Crippen LogP contribution < -0.4 is 5.32 Å².